The SMILES string of the molecule is O=C1N(Cc2ccccc2)C(=O)C2(CCN(Cc3ccoc3)CC2)N1CCc1ccccc1. The van der Waals surface area contributed by atoms with Crippen molar-refractivity contribution in [3.63, 3.8) is 0 Å². The number of hydrogen-bond donors (Lipinski definition) is 0. The molecule has 1 spiro atoms. The molecule has 3 heterocycles. The van der Waals surface area contributed by atoms with Crippen molar-refractivity contribution in [2.24, 2.45) is 0 Å². The number of carbonyl (C=O) groups is 2. The van der Waals surface area contributed by atoms with Gasteiger partial charge in [-0.2, -0.15) is 0 Å². The molecule has 1 aromatic heterocycles. The summed E-state index contributed by atoms with van der Waals surface area (Å²) in [7, 11) is 0. The van der Waals surface area contributed by atoms with Crippen LogP contribution in [0.15, 0.2) is 83.7 Å². The Labute approximate surface area is 194 Å². The fourth-order valence-corrected chi connectivity index (χ4v) is 5.09. The number of nitrogens with zero attached hydrogens (tertiary/aromatic N) is 3. The molecule has 6 heteroatoms. The Balaban J connectivity index is 1.36. The second-order valence-corrected chi connectivity index (χ2v) is 8.99. The second-order valence-electron chi connectivity index (χ2n) is 8.99. The van der Waals surface area contributed by atoms with Crippen LogP contribution in [0.4, 0.5) is 4.79 Å². The number of furan rings is 1. The van der Waals surface area contributed by atoms with E-state index in [4.69, 9.17) is 4.42 Å². The van der Waals surface area contributed by atoms with E-state index in [0.29, 0.717) is 25.9 Å². The average Bonchev–Trinajstić information content (AvgIpc) is 3.43. The molecule has 3 amide bonds. The summed E-state index contributed by atoms with van der Waals surface area (Å²) in [5.41, 5.74) is 2.52. The minimum atomic E-state index is -0.756. The number of benzene rings is 2. The molecular weight excluding hydrogens is 414 g/mol. The standard InChI is InChI=1S/C27H29N3O3/c31-25-27(13-16-28(17-14-27)19-24-12-18-33-21-24)30(15-11-22-7-3-1-4-8-22)26(32)29(25)20-23-9-5-2-6-10-23/h1-10,12,18,21H,11,13-17,19-20H2. The Morgan fingerprint density at radius 1 is 0.788 bits per heavy atom. The highest BCUT2D eigenvalue weighted by molar-refractivity contribution is 6.07. The molecule has 0 unspecified atom stereocenters. The van der Waals surface area contributed by atoms with Crippen LogP contribution in [0, 0.1) is 0 Å². The van der Waals surface area contributed by atoms with Gasteiger partial charge in [0.1, 0.15) is 5.54 Å². The second kappa shape index (κ2) is 9.24. The normalized spacial score (nSPS) is 18.4. The third kappa shape index (κ3) is 4.31. The van der Waals surface area contributed by atoms with Crippen molar-refractivity contribution in [2.75, 3.05) is 19.6 Å². The lowest BCUT2D eigenvalue weighted by atomic mass is 9.85. The van der Waals surface area contributed by atoms with Crippen LogP contribution in [-0.2, 0) is 24.3 Å². The van der Waals surface area contributed by atoms with Crippen molar-refractivity contribution >= 4 is 11.9 Å². The summed E-state index contributed by atoms with van der Waals surface area (Å²) in [5, 5.41) is 0. The largest absolute Gasteiger partial charge is 0.472 e. The first-order chi connectivity index (χ1) is 16.2. The van der Waals surface area contributed by atoms with E-state index < -0.39 is 5.54 Å². The van der Waals surface area contributed by atoms with Crippen molar-refractivity contribution in [3.05, 3.63) is 95.9 Å². The van der Waals surface area contributed by atoms with E-state index in [1.165, 1.54) is 10.5 Å². The topological polar surface area (TPSA) is 57.0 Å². The van der Waals surface area contributed by atoms with Crippen LogP contribution < -0.4 is 0 Å². The Bertz CT molecular complexity index is 1070. The third-order valence-electron chi connectivity index (χ3n) is 6.94. The zero-order valence-electron chi connectivity index (χ0n) is 18.7. The van der Waals surface area contributed by atoms with Crippen LogP contribution in [0.1, 0.15) is 29.5 Å². The molecule has 2 fully saturated rings. The summed E-state index contributed by atoms with van der Waals surface area (Å²) < 4.78 is 5.20. The van der Waals surface area contributed by atoms with Crippen molar-refractivity contribution in [1.82, 2.24) is 14.7 Å². The molecule has 0 aliphatic carbocycles. The predicted molar refractivity (Wildman–Crippen MR) is 125 cm³/mol. The van der Waals surface area contributed by atoms with Crippen LogP contribution in [0.2, 0.25) is 0 Å². The zero-order valence-corrected chi connectivity index (χ0v) is 18.7. The highest BCUT2D eigenvalue weighted by Crippen LogP contribution is 2.38. The first-order valence-electron chi connectivity index (χ1n) is 11.6. The summed E-state index contributed by atoms with van der Waals surface area (Å²) >= 11 is 0. The summed E-state index contributed by atoms with van der Waals surface area (Å²) in [5.74, 6) is -0.0487. The maximum Gasteiger partial charge on any atom is 0.328 e. The van der Waals surface area contributed by atoms with Gasteiger partial charge in [-0.15, -0.1) is 0 Å². The predicted octanol–water partition coefficient (Wildman–Crippen LogP) is 4.32. The summed E-state index contributed by atoms with van der Waals surface area (Å²) in [6.45, 7) is 3.20. The molecule has 2 aromatic carbocycles. The maximum absolute atomic E-state index is 13.8. The van der Waals surface area contributed by atoms with Crippen LogP contribution >= 0.6 is 0 Å². The Hall–Kier alpha value is -3.38. The molecule has 170 valence electrons. The van der Waals surface area contributed by atoms with Crippen molar-refractivity contribution in [1.29, 1.82) is 0 Å². The molecule has 0 bridgehead atoms. The number of rotatable bonds is 7. The average molecular weight is 444 g/mol. The number of hydrogen-bond acceptors (Lipinski definition) is 4. The molecule has 2 aliphatic heterocycles. The molecule has 0 saturated carbocycles. The lowest BCUT2D eigenvalue weighted by Gasteiger charge is -2.42. The van der Waals surface area contributed by atoms with Gasteiger partial charge in [-0.1, -0.05) is 60.7 Å². The van der Waals surface area contributed by atoms with Gasteiger partial charge in [-0.05, 0) is 36.5 Å². The highest BCUT2D eigenvalue weighted by atomic mass is 16.3. The summed E-state index contributed by atoms with van der Waals surface area (Å²) in [6, 6.07) is 21.7. The maximum atomic E-state index is 13.8. The van der Waals surface area contributed by atoms with Crippen molar-refractivity contribution in [3.8, 4) is 0 Å². The fraction of sp³-hybridized carbons (Fsp3) is 0.333. The molecule has 3 aromatic rings. The number of piperidine rings is 1. The zero-order chi connectivity index (χ0) is 22.7. The van der Waals surface area contributed by atoms with Gasteiger partial charge in [-0.25, -0.2) is 4.79 Å². The third-order valence-corrected chi connectivity index (χ3v) is 6.94. The highest BCUT2D eigenvalue weighted by Gasteiger charge is 2.57. The number of amides is 3. The molecule has 0 N–H and O–H groups in total. The lowest BCUT2D eigenvalue weighted by molar-refractivity contribution is -0.136. The number of likely N-dealkylation sites (tertiary alicyclic amines) is 1. The Kier molecular flexibility index (Phi) is 6.01. The van der Waals surface area contributed by atoms with Gasteiger partial charge >= 0.3 is 6.03 Å². The lowest BCUT2D eigenvalue weighted by Crippen LogP contribution is -2.56. The monoisotopic (exact) mass is 443 g/mol. The number of urea groups is 1. The molecule has 0 atom stereocenters. The van der Waals surface area contributed by atoms with E-state index in [2.05, 4.69) is 17.0 Å². The van der Waals surface area contributed by atoms with Crippen molar-refractivity contribution in [2.45, 2.75) is 37.9 Å². The Morgan fingerprint density at radius 3 is 2.09 bits per heavy atom. The van der Waals surface area contributed by atoms with Gasteiger partial charge in [-0.3, -0.25) is 14.6 Å². The molecule has 0 radical (unpaired) electrons. The molecular formula is C27H29N3O3. The van der Waals surface area contributed by atoms with E-state index >= 15 is 0 Å². The van der Waals surface area contributed by atoms with Crippen molar-refractivity contribution < 1.29 is 14.0 Å². The molecule has 2 aliphatic rings. The first kappa shape index (κ1) is 21.5. The molecule has 2 saturated heterocycles. The molecule has 33 heavy (non-hydrogen) atoms. The molecule has 6 nitrogen and oxygen atoms in total. The van der Waals surface area contributed by atoms with Gasteiger partial charge in [0.25, 0.3) is 5.91 Å². The van der Waals surface area contributed by atoms with E-state index in [1.807, 2.05) is 59.5 Å². The summed E-state index contributed by atoms with van der Waals surface area (Å²) in [4.78, 5) is 33.0. The van der Waals surface area contributed by atoms with Gasteiger partial charge in [0, 0.05) is 31.7 Å². The quantitative estimate of drug-likeness (QED) is 0.511. The van der Waals surface area contributed by atoms with Gasteiger partial charge in [0.2, 0.25) is 0 Å². The van der Waals surface area contributed by atoms with Crippen LogP contribution in [0.3, 0.4) is 0 Å². The first-order valence-corrected chi connectivity index (χ1v) is 11.6. The molecule has 5 rings (SSSR count). The summed E-state index contributed by atoms with van der Waals surface area (Å²) in [6.07, 6.45) is 5.49. The van der Waals surface area contributed by atoms with E-state index in [-0.39, 0.29) is 11.9 Å². The van der Waals surface area contributed by atoms with Crippen LogP contribution in [0.5, 0.6) is 0 Å². The Morgan fingerprint density at radius 2 is 1.45 bits per heavy atom. The van der Waals surface area contributed by atoms with Gasteiger partial charge in [0.15, 0.2) is 0 Å². The van der Waals surface area contributed by atoms with Gasteiger partial charge in [0.05, 0.1) is 19.1 Å². The number of imide groups is 1. The minimum Gasteiger partial charge on any atom is -0.472 e. The van der Waals surface area contributed by atoms with Gasteiger partial charge < -0.3 is 9.32 Å². The minimum absolute atomic E-state index is 0.0487. The fourth-order valence-electron chi connectivity index (χ4n) is 5.09. The van der Waals surface area contributed by atoms with Crippen LogP contribution in [-0.4, -0.2) is 51.8 Å². The van der Waals surface area contributed by atoms with E-state index in [0.717, 1.165) is 37.2 Å². The van der Waals surface area contributed by atoms with Crippen LogP contribution in [0.25, 0.3) is 0 Å². The van der Waals surface area contributed by atoms with E-state index in [9.17, 15) is 9.59 Å². The number of carbonyl (C=O) groups excluding carboxylic acids is 2. The van der Waals surface area contributed by atoms with E-state index in [1.54, 1.807) is 12.5 Å². The smallest absolute Gasteiger partial charge is 0.328 e.